The van der Waals surface area contributed by atoms with Gasteiger partial charge in [-0.25, -0.2) is 4.79 Å². The van der Waals surface area contributed by atoms with Crippen molar-refractivity contribution in [2.75, 3.05) is 13.1 Å². The summed E-state index contributed by atoms with van der Waals surface area (Å²) >= 11 is 0. The molecule has 0 heterocycles. The van der Waals surface area contributed by atoms with Gasteiger partial charge in [0.25, 0.3) is 5.91 Å². The van der Waals surface area contributed by atoms with Gasteiger partial charge in [-0.1, -0.05) is 18.2 Å². The van der Waals surface area contributed by atoms with E-state index >= 15 is 0 Å². The van der Waals surface area contributed by atoms with E-state index in [2.05, 4.69) is 15.6 Å². The van der Waals surface area contributed by atoms with Crippen molar-refractivity contribution in [3.63, 3.8) is 0 Å². The third-order valence-electron chi connectivity index (χ3n) is 4.16. The number of aliphatic carboxylic acids is 1. The lowest BCUT2D eigenvalue weighted by Gasteiger charge is -2.21. The molecular formula is C19H30N6O4. The maximum atomic E-state index is 12.7. The largest absolute Gasteiger partial charge is 0.480 e. The summed E-state index contributed by atoms with van der Waals surface area (Å²) in [7, 11) is 0. The van der Waals surface area contributed by atoms with Gasteiger partial charge in [-0.2, -0.15) is 0 Å². The highest BCUT2D eigenvalue weighted by molar-refractivity contribution is 5.98. The van der Waals surface area contributed by atoms with E-state index in [1.54, 1.807) is 30.3 Å². The highest BCUT2D eigenvalue weighted by Gasteiger charge is 2.26. The van der Waals surface area contributed by atoms with Crippen LogP contribution >= 0.6 is 0 Å². The average molecular weight is 406 g/mol. The Morgan fingerprint density at radius 2 is 1.62 bits per heavy atom. The second-order valence-corrected chi connectivity index (χ2v) is 6.52. The van der Waals surface area contributed by atoms with Gasteiger partial charge in [0.2, 0.25) is 5.91 Å². The van der Waals surface area contributed by atoms with Gasteiger partial charge in [-0.05, 0) is 50.8 Å². The average Bonchev–Trinajstić information content (AvgIpc) is 2.69. The van der Waals surface area contributed by atoms with E-state index in [9.17, 15) is 19.5 Å². The number of carboxylic acids is 1. The SMILES string of the molecule is NCCCC[C@H](NC(=O)c1ccccc1)C(=O)N[C@@H](CCCN=C(N)N)C(=O)O. The minimum absolute atomic E-state index is 0.0792. The Morgan fingerprint density at radius 3 is 2.21 bits per heavy atom. The Kier molecular flexibility index (Phi) is 10.8. The van der Waals surface area contributed by atoms with Crippen LogP contribution in [0.2, 0.25) is 0 Å². The molecule has 0 saturated carbocycles. The number of carbonyl (C=O) groups is 3. The number of hydrogen-bond donors (Lipinski definition) is 6. The zero-order chi connectivity index (χ0) is 21.6. The molecule has 0 aliphatic rings. The number of nitrogens with one attached hydrogen (secondary N) is 2. The van der Waals surface area contributed by atoms with E-state index < -0.39 is 29.9 Å². The van der Waals surface area contributed by atoms with Crippen LogP contribution in [0, 0.1) is 0 Å². The Balaban J connectivity index is 2.75. The number of nitrogens with zero attached hydrogens (tertiary/aromatic N) is 1. The summed E-state index contributed by atoms with van der Waals surface area (Å²) in [5, 5.41) is 14.6. The van der Waals surface area contributed by atoms with Gasteiger partial charge >= 0.3 is 5.97 Å². The minimum Gasteiger partial charge on any atom is -0.480 e. The number of nitrogens with two attached hydrogens (primary N) is 3. The number of unbranched alkanes of at least 4 members (excludes halogenated alkanes) is 1. The molecule has 1 aromatic carbocycles. The molecule has 1 aromatic rings. The molecule has 0 radical (unpaired) electrons. The quantitative estimate of drug-likeness (QED) is 0.145. The predicted octanol–water partition coefficient (Wildman–Crippen LogP) is -0.463. The Morgan fingerprint density at radius 1 is 0.966 bits per heavy atom. The maximum Gasteiger partial charge on any atom is 0.326 e. The first-order chi connectivity index (χ1) is 13.8. The van der Waals surface area contributed by atoms with Crippen LogP contribution in [0.4, 0.5) is 0 Å². The monoisotopic (exact) mass is 406 g/mol. The number of aliphatic imine (C=N–C) groups is 1. The number of benzene rings is 1. The fraction of sp³-hybridized carbons (Fsp3) is 0.474. The van der Waals surface area contributed by atoms with E-state index in [-0.39, 0.29) is 18.9 Å². The summed E-state index contributed by atoms with van der Waals surface area (Å²) in [6.45, 7) is 0.718. The van der Waals surface area contributed by atoms with Crippen molar-refractivity contribution in [3.05, 3.63) is 35.9 Å². The molecule has 2 atom stereocenters. The fourth-order valence-corrected chi connectivity index (χ4v) is 2.63. The maximum absolute atomic E-state index is 12.7. The molecule has 9 N–H and O–H groups in total. The molecule has 0 aromatic heterocycles. The standard InChI is InChI=1S/C19H30N6O4/c20-11-5-4-9-14(24-16(26)13-7-2-1-3-8-13)17(27)25-15(18(28)29)10-6-12-23-19(21)22/h1-3,7-8,14-15H,4-6,9-12,20H2,(H,24,26)(H,25,27)(H,28,29)(H4,21,22,23)/t14-,15-/m0/s1. The zero-order valence-corrected chi connectivity index (χ0v) is 16.3. The Hall–Kier alpha value is -3.14. The summed E-state index contributed by atoms with van der Waals surface area (Å²) in [5.74, 6) is -2.21. The fourth-order valence-electron chi connectivity index (χ4n) is 2.63. The van der Waals surface area contributed by atoms with E-state index in [0.717, 1.165) is 0 Å². The summed E-state index contributed by atoms with van der Waals surface area (Å²) in [5.41, 5.74) is 16.4. The molecule has 160 valence electrons. The first-order valence-corrected chi connectivity index (χ1v) is 9.49. The van der Waals surface area contributed by atoms with Crippen molar-refractivity contribution in [1.29, 1.82) is 0 Å². The highest BCUT2D eigenvalue weighted by atomic mass is 16.4. The minimum atomic E-state index is -1.17. The van der Waals surface area contributed by atoms with Crippen molar-refractivity contribution in [1.82, 2.24) is 10.6 Å². The Bertz CT molecular complexity index is 691. The van der Waals surface area contributed by atoms with Gasteiger partial charge in [0.05, 0.1) is 0 Å². The van der Waals surface area contributed by atoms with Crippen molar-refractivity contribution in [2.24, 2.45) is 22.2 Å². The van der Waals surface area contributed by atoms with Gasteiger partial charge in [-0.15, -0.1) is 0 Å². The van der Waals surface area contributed by atoms with Crippen molar-refractivity contribution in [2.45, 2.75) is 44.2 Å². The number of amides is 2. The second kappa shape index (κ2) is 13.1. The molecular weight excluding hydrogens is 376 g/mol. The van der Waals surface area contributed by atoms with Gasteiger partial charge in [0.1, 0.15) is 12.1 Å². The van der Waals surface area contributed by atoms with Gasteiger partial charge < -0.3 is 32.9 Å². The first kappa shape index (κ1) is 23.9. The molecule has 0 fully saturated rings. The molecule has 10 nitrogen and oxygen atoms in total. The summed E-state index contributed by atoms with van der Waals surface area (Å²) < 4.78 is 0. The molecule has 0 saturated heterocycles. The molecule has 0 unspecified atom stereocenters. The lowest BCUT2D eigenvalue weighted by atomic mass is 10.1. The third kappa shape index (κ3) is 9.56. The molecule has 1 rings (SSSR count). The van der Waals surface area contributed by atoms with E-state index in [1.165, 1.54) is 0 Å². The van der Waals surface area contributed by atoms with Crippen LogP contribution in [0.15, 0.2) is 35.3 Å². The number of hydrogen-bond acceptors (Lipinski definition) is 5. The van der Waals surface area contributed by atoms with Crippen LogP contribution in [-0.2, 0) is 9.59 Å². The second-order valence-electron chi connectivity index (χ2n) is 6.52. The molecule has 0 aliphatic heterocycles. The summed E-state index contributed by atoms with van der Waals surface area (Å²) in [6, 6.07) is 6.51. The van der Waals surface area contributed by atoms with Crippen molar-refractivity contribution < 1.29 is 19.5 Å². The van der Waals surface area contributed by atoms with Crippen LogP contribution in [-0.4, -0.2) is 54.0 Å². The molecule has 10 heteroatoms. The smallest absolute Gasteiger partial charge is 0.326 e. The van der Waals surface area contributed by atoms with E-state index in [1.807, 2.05) is 0 Å². The van der Waals surface area contributed by atoms with Crippen LogP contribution in [0.1, 0.15) is 42.5 Å². The predicted molar refractivity (Wildman–Crippen MR) is 110 cm³/mol. The normalized spacial score (nSPS) is 12.4. The highest BCUT2D eigenvalue weighted by Crippen LogP contribution is 2.06. The summed E-state index contributed by atoms with van der Waals surface area (Å²) in [6.07, 6.45) is 2.18. The molecule has 29 heavy (non-hydrogen) atoms. The number of rotatable bonds is 13. The topological polar surface area (TPSA) is 186 Å². The zero-order valence-electron chi connectivity index (χ0n) is 16.3. The molecule has 0 spiro atoms. The number of carboxylic acid groups (broad SMARTS) is 1. The van der Waals surface area contributed by atoms with Gasteiger partial charge in [0, 0.05) is 12.1 Å². The number of guanidine groups is 1. The van der Waals surface area contributed by atoms with Crippen LogP contribution in [0.25, 0.3) is 0 Å². The molecule has 0 aliphatic carbocycles. The van der Waals surface area contributed by atoms with Crippen molar-refractivity contribution in [3.8, 4) is 0 Å². The van der Waals surface area contributed by atoms with Crippen LogP contribution in [0.5, 0.6) is 0 Å². The van der Waals surface area contributed by atoms with E-state index in [0.29, 0.717) is 37.8 Å². The van der Waals surface area contributed by atoms with Gasteiger partial charge in [0.15, 0.2) is 5.96 Å². The third-order valence-corrected chi connectivity index (χ3v) is 4.16. The van der Waals surface area contributed by atoms with Crippen LogP contribution in [0.3, 0.4) is 0 Å². The van der Waals surface area contributed by atoms with Crippen molar-refractivity contribution >= 4 is 23.7 Å². The number of carbonyl (C=O) groups excluding carboxylic acids is 2. The lowest BCUT2D eigenvalue weighted by Crippen LogP contribution is -2.51. The molecule has 2 amide bonds. The molecule has 0 bridgehead atoms. The van der Waals surface area contributed by atoms with Gasteiger partial charge in [-0.3, -0.25) is 14.6 Å². The van der Waals surface area contributed by atoms with Crippen LogP contribution < -0.4 is 27.8 Å². The summed E-state index contributed by atoms with van der Waals surface area (Å²) in [4.78, 5) is 40.4. The first-order valence-electron chi connectivity index (χ1n) is 9.49. The Labute approximate surface area is 169 Å². The lowest BCUT2D eigenvalue weighted by molar-refractivity contribution is -0.142. The van der Waals surface area contributed by atoms with E-state index in [4.69, 9.17) is 17.2 Å².